The minimum absolute atomic E-state index is 0.182. The van der Waals surface area contributed by atoms with E-state index in [1.807, 2.05) is 38.1 Å². The van der Waals surface area contributed by atoms with E-state index in [9.17, 15) is 8.42 Å². The number of aryl methyl sites for hydroxylation is 1. The van der Waals surface area contributed by atoms with Gasteiger partial charge in [0.15, 0.2) is 0 Å². The second-order valence-electron chi connectivity index (χ2n) is 4.34. The van der Waals surface area contributed by atoms with E-state index in [1.165, 1.54) is 17.6 Å². The number of hydrogen-bond donors (Lipinski definition) is 0. The zero-order valence-electron chi connectivity index (χ0n) is 11.8. The molecule has 0 saturated heterocycles. The van der Waals surface area contributed by atoms with Crippen LogP contribution in [-0.4, -0.2) is 44.9 Å². The van der Waals surface area contributed by atoms with Gasteiger partial charge in [0, 0.05) is 12.6 Å². The summed E-state index contributed by atoms with van der Waals surface area (Å²) in [4.78, 5) is 5.06. The summed E-state index contributed by atoms with van der Waals surface area (Å²) >= 11 is 0. The molecule has 0 aliphatic heterocycles. The Labute approximate surface area is 114 Å². The summed E-state index contributed by atoms with van der Waals surface area (Å²) in [7, 11) is -1.72. The monoisotopic (exact) mass is 284 g/mol. The minimum atomic E-state index is -3.24. The Balaban J connectivity index is 2.99. The van der Waals surface area contributed by atoms with Crippen molar-refractivity contribution < 1.29 is 13.3 Å². The summed E-state index contributed by atoms with van der Waals surface area (Å²) in [5.41, 5.74) is 2.58. The fourth-order valence-corrected chi connectivity index (χ4v) is 1.75. The zero-order chi connectivity index (χ0) is 14.5. The smallest absolute Gasteiger partial charge is 0.211 e. The summed E-state index contributed by atoms with van der Waals surface area (Å²) < 4.78 is 24.2. The lowest BCUT2D eigenvalue weighted by atomic mass is 10.1. The second kappa shape index (κ2) is 6.68. The van der Waals surface area contributed by atoms with Gasteiger partial charge in [-0.2, -0.15) is 4.31 Å². The Bertz CT molecular complexity index is 536. The molecule has 1 rings (SSSR count). The molecule has 0 N–H and O–H groups in total. The third-order valence-corrected chi connectivity index (χ3v) is 3.89. The van der Waals surface area contributed by atoms with Crippen molar-refractivity contribution in [2.75, 3.05) is 26.5 Å². The molecule has 5 nitrogen and oxygen atoms in total. The van der Waals surface area contributed by atoms with Crippen LogP contribution in [0, 0.1) is 6.92 Å². The van der Waals surface area contributed by atoms with Crippen LogP contribution in [0.4, 0.5) is 0 Å². The van der Waals surface area contributed by atoms with E-state index in [0.29, 0.717) is 12.3 Å². The van der Waals surface area contributed by atoms with Crippen molar-refractivity contribution in [2.45, 2.75) is 13.8 Å². The first-order valence-corrected chi connectivity index (χ1v) is 7.86. The second-order valence-corrected chi connectivity index (χ2v) is 6.43. The lowest BCUT2D eigenvalue weighted by Gasteiger charge is -2.15. The lowest BCUT2D eigenvalue weighted by molar-refractivity contribution is 0.158. The molecule has 0 aliphatic rings. The van der Waals surface area contributed by atoms with Crippen molar-refractivity contribution >= 4 is 15.7 Å². The predicted molar refractivity (Wildman–Crippen MR) is 76.8 cm³/mol. The molecule has 0 radical (unpaired) electrons. The lowest BCUT2D eigenvalue weighted by Crippen LogP contribution is -2.31. The maximum Gasteiger partial charge on any atom is 0.211 e. The highest BCUT2D eigenvalue weighted by Crippen LogP contribution is 2.07. The summed E-state index contributed by atoms with van der Waals surface area (Å²) in [5.74, 6) is 0. The fourth-order valence-electron chi connectivity index (χ4n) is 1.39. The van der Waals surface area contributed by atoms with Gasteiger partial charge in [0.1, 0.15) is 12.3 Å². The molecule has 1 aromatic rings. The van der Waals surface area contributed by atoms with Gasteiger partial charge in [-0.25, -0.2) is 8.42 Å². The van der Waals surface area contributed by atoms with E-state index in [-0.39, 0.29) is 6.54 Å². The largest absolute Gasteiger partial charge is 0.396 e. The van der Waals surface area contributed by atoms with E-state index in [1.54, 1.807) is 0 Å². The molecule has 0 fully saturated rings. The van der Waals surface area contributed by atoms with E-state index >= 15 is 0 Å². The SMILES string of the molecule is CCO/N=C(/CN(C)S(C)(=O)=O)c1ccc(C)cc1. The molecular weight excluding hydrogens is 264 g/mol. The molecule has 0 amide bonds. The van der Waals surface area contributed by atoms with Crippen molar-refractivity contribution in [1.82, 2.24) is 4.31 Å². The molecule has 0 aliphatic carbocycles. The highest BCUT2D eigenvalue weighted by atomic mass is 32.2. The molecule has 19 heavy (non-hydrogen) atoms. The van der Waals surface area contributed by atoms with Crippen molar-refractivity contribution in [3.05, 3.63) is 35.4 Å². The van der Waals surface area contributed by atoms with Crippen molar-refractivity contribution in [1.29, 1.82) is 0 Å². The standard InChI is InChI=1S/C13H20N2O3S/c1-5-18-14-13(10-15(3)19(4,16)17)12-8-6-11(2)7-9-12/h6-9H,5,10H2,1-4H3/b14-13-. The predicted octanol–water partition coefficient (Wildman–Crippen LogP) is 1.63. The normalized spacial score (nSPS) is 12.8. The molecule has 106 valence electrons. The van der Waals surface area contributed by atoms with Crippen LogP contribution in [0.3, 0.4) is 0 Å². The number of likely N-dealkylation sites (N-methyl/N-ethyl adjacent to an activating group) is 1. The molecule has 0 spiro atoms. The molecule has 6 heteroatoms. The minimum Gasteiger partial charge on any atom is -0.396 e. The number of rotatable bonds is 6. The van der Waals surface area contributed by atoms with Gasteiger partial charge in [-0.05, 0) is 13.8 Å². The van der Waals surface area contributed by atoms with Gasteiger partial charge in [-0.15, -0.1) is 0 Å². The Morgan fingerprint density at radius 2 is 1.89 bits per heavy atom. The van der Waals surface area contributed by atoms with Gasteiger partial charge in [0.05, 0.1) is 12.8 Å². The van der Waals surface area contributed by atoms with Gasteiger partial charge >= 0.3 is 0 Å². The van der Waals surface area contributed by atoms with Gasteiger partial charge < -0.3 is 4.84 Å². The van der Waals surface area contributed by atoms with Gasteiger partial charge in [-0.3, -0.25) is 0 Å². The van der Waals surface area contributed by atoms with Crippen LogP contribution in [0.1, 0.15) is 18.1 Å². The first kappa shape index (κ1) is 15.7. The number of oxime groups is 1. The number of nitrogens with zero attached hydrogens (tertiary/aromatic N) is 2. The van der Waals surface area contributed by atoms with Crippen LogP contribution >= 0.6 is 0 Å². The molecule has 0 heterocycles. The number of benzene rings is 1. The van der Waals surface area contributed by atoms with Crippen LogP contribution in [0.2, 0.25) is 0 Å². The molecule has 1 aromatic carbocycles. The molecule has 0 unspecified atom stereocenters. The van der Waals surface area contributed by atoms with Crippen molar-refractivity contribution in [2.24, 2.45) is 5.16 Å². The van der Waals surface area contributed by atoms with Crippen LogP contribution in [0.15, 0.2) is 29.4 Å². The Hall–Kier alpha value is -1.40. The van der Waals surface area contributed by atoms with Crippen molar-refractivity contribution in [3.63, 3.8) is 0 Å². The summed E-state index contributed by atoms with van der Waals surface area (Å²) in [5, 5.41) is 4.01. The van der Waals surface area contributed by atoms with Crippen molar-refractivity contribution in [3.8, 4) is 0 Å². The highest BCUT2D eigenvalue weighted by Gasteiger charge is 2.15. The van der Waals surface area contributed by atoms with Crippen LogP contribution in [-0.2, 0) is 14.9 Å². The highest BCUT2D eigenvalue weighted by molar-refractivity contribution is 7.88. The quantitative estimate of drug-likeness (QED) is 0.589. The summed E-state index contributed by atoms with van der Waals surface area (Å²) in [6.45, 7) is 4.45. The van der Waals surface area contributed by atoms with Gasteiger partial charge in [0.25, 0.3) is 0 Å². The molecule has 0 saturated carbocycles. The first-order chi connectivity index (χ1) is 8.84. The molecular formula is C13H20N2O3S. The third kappa shape index (κ3) is 5.00. The Kier molecular flexibility index (Phi) is 5.50. The average molecular weight is 284 g/mol. The molecule has 0 aromatic heterocycles. The van der Waals surface area contributed by atoms with E-state index < -0.39 is 10.0 Å². The van der Waals surface area contributed by atoms with Crippen LogP contribution in [0.25, 0.3) is 0 Å². The van der Waals surface area contributed by atoms with E-state index in [0.717, 1.165) is 11.1 Å². The number of sulfonamides is 1. The van der Waals surface area contributed by atoms with E-state index in [2.05, 4.69) is 5.16 Å². The van der Waals surface area contributed by atoms with Crippen LogP contribution < -0.4 is 0 Å². The van der Waals surface area contributed by atoms with E-state index in [4.69, 9.17) is 4.84 Å². The molecule has 0 atom stereocenters. The third-order valence-electron chi connectivity index (χ3n) is 2.63. The maximum absolute atomic E-state index is 11.5. The first-order valence-electron chi connectivity index (χ1n) is 6.01. The van der Waals surface area contributed by atoms with Crippen LogP contribution in [0.5, 0.6) is 0 Å². The Morgan fingerprint density at radius 1 is 1.32 bits per heavy atom. The average Bonchev–Trinajstić information content (AvgIpc) is 2.34. The zero-order valence-corrected chi connectivity index (χ0v) is 12.6. The maximum atomic E-state index is 11.5. The number of hydrogen-bond acceptors (Lipinski definition) is 4. The van der Waals surface area contributed by atoms with Gasteiger partial charge in [-0.1, -0.05) is 35.0 Å². The summed E-state index contributed by atoms with van der Waals surface area (Å²) in [6.07, 6.45) is 1.17. The topological polar surface area (TPSA) is 59.0 Å². The Morgan fingerprint density at radius 3 is 2.37 bits per heavy atom. The molecule has 0 bridgehead atoms. The fraction of sp³-hybridized carbons (Fsp3) is 0.462. The summed E-state index contributed by atoms with van der Waals surface area (Å²) in [6, 6.07) is 7.72. The van der Waals surface area contributed by atoms with Gasteiger partial charge in [0.2, 0.25) is 10.0 Å².